The lowest BCUT2D eigenvalue weighted by Crippen LogP contribution is -1.85. The summed E-state index contributed by atoms with van der Waals surface area (Å²) in [5.41, 5.74) is 2.83. The highest BCUT2D eigenvalue weighted by Gasteiger charge is 2.07. The van der Waals surface area contributed by atoms with Gasteiger partial charge in [0.2, 0.25) is 0 Å². The molecule has 0 aliphatic carbocycles. The van der Waals surface area contributed by atoms with Crippen molar-refractivity contribution in [2.45, 2.75) is 13.3 Å². The highest BCUT2D eigenvalue weighted by atomic mass is 32.1. The number of fused-ring (bicyclic) bond motifs is 1. The molecule has 0 bridgehead atoms. The Morgan fingerprint density at radius 3 is 2.35 bits per heavy atom. The normalized spacial score (nSPS) is 10.9. The summed E-state index contributed by atoms with van der Waals surface area (Å²) in [7, 11) is 0. The first-order valence-electron chi connectivity index (χ1n) is 5.85. The van der Waals surface area contributed by atoms with Crippen LogP contribution in [-0.2, 0) is 6.42 Å². The molecule has 1 heterocycles. The summed E-state index contributed by atoms with van der Waals surface area (Å²) in [6.07, 6.45) is 1.05. The van der Waals surface area contributed by atoms with E-state index in [1.165, 1.54) is 26.1 Å². The summed E-state index contributed by atoms with van der Waals surface area (Å²) in [6.45, 7) is 2.23. The van der Waals surface area contributed by atoms with Gasteiger partial charge in [-0.25, -0.2) is 0 Å². The van der Waals surface area contributed by atoms with Gasteiger partial charge >= 0.3 is 0 Å². The molecule has 0 atom stereocenters. The summed E-state index contributed by atoms with van der Waals surface area (Å²) in [5.74, 6) is 0. The fourth-order valence-electron chi connectivity index (χ4n) is 2.17. The second-order valence-electron chi connectivity index (χ2n) is 4.31. The van der Waals surface area contributed by atoms with Gasteiger partial charge in [-0.1, -0.05) is 48.5 Å². The predicted molar refractivity (Wildman–Crippen MR) is 75.8 cm³/mol. The molecule has 0 fully saturated rings. The molecule has 0 aliphatic rings. The van der Waals surface area contributed by atoms with Crippen LogP contribution in [-0.4, -0.2) is 0 Å². The number of hydrogen-bond acceptors (Lipinski definition) is 1. The van der Waals surface area contributed by atoms with E-state index in [2.05, 4.69) is 61.5 Å². The predicted octanol–water partition coefficient (Wildman–Crippen LogP) is 4.80. The molecule has 0 N–H and O–H groups in total. The van der Waals surface area contributed by atoms with Crippen LogP contribution in [0.4, 0.5) is 0 Å². The molecule has 1 aromatic heterocycles. The third-order valence-corrected chi connectivity index (χ3v) is 4.42. The largest absolute Gasteiger partial charge is 0.140 e. The average Bonchev–Trinajstić information content (AvgIpc) is 2.68. The zero-order valence-electron chi connectivity index (χ0n) is 9.81. The van der Waals surface area contributed by atoms with Crippen LogP contribution in [0.5, 0.6) is 0 Å². The zero-order chi connectivity index (χ0) is 11.7. The van der Waals surface area contributed by atoms with Gasteiger partial charge in [0.05, 0.1) is 0 Å². The zero-order valence-corrected chi connectivity index (χ0v) is 10.6. The Morgan fingerprint density at radius 1 is 0.882 bits per heavy atom. The Bertz CT molecular complexity index is 635. The van der Waals surface area contributed by atoms with Crippen LogP contribution in [0.1, 0.15) is 16.0 Å². The average molecular weight is 238 g/mol. The maximum Gasteiger partial charge on any atom is 0.0348 e. The third-order valence-electron chi connectivity index (χ3n) is 3.15. The summed E-state index contributed by atoms with van der Waals surface area (Å²) in [6, 6.07) is 19.3. The van der Waals surface area contributed by atoms with E-state index in [0.717, 1.165) is 6.42 Å². The lowest BCUT2D eigenvalue weighted by molar-refractivity contribution is 1.22. The van der Waals surface area contributed by atoms with Gasteiger partial charge in [-0.05, 0) is 29.5 Å². The molecule has 0 spiro atoms. The maximum atomic E-state index is 2.23. The molecule has 0 aliphatic heterocycles. The van der Waals surface area contributed by atoms with Gasteiger partial charge in [0.25, 0.3) is 0 Å². The van der Waals surface area contributed by atoms with Crippen molar-refractivity contribution in [3.05, 3.63) is 70.6 Å². The first-order valence-corrected chi connectivity index (χ1v) is 6.67. The van der Waals surface area contributed by atoms with E-state index in [4.69, 9.17) is 0 Å². The molecular weight excluding hydrogens is 224 g/mol. The van der Waals surface area contributed by atoms with E-state index >= 15 is 0 Å². The van der Waals surface area contributed by atoms with Crippen molar-refractivity contribution in [1.29, 1.82) is 0 Å². The van der Waals surface area contributed by atoms with Crippen molar-refractivity contribution in [2.75, 3.05) is 0 Å². The van der Waals surface area contributed by atoms with Crippen molar-refractivity contribution >= 4 is 21.4 Å². The SMILES string of the molecule is Cc1c(Cc2ccccc2)sc2ccccc12. The highest BCUT2D eigenvalue weighted by Crippen LogP contribution is 2.31. The standard InChI is InChI=1S/C16H14S/c1-12-14-9-5-6-10-15(14)17-16(12)11-13-7-3-2-4-8-13/h2-10H,11H2,1H3. The van der Waals surface area contributed by atoms with E-state index in [-0.39, 0.29) is 0 Å². The first-order chi connectivity index (χ1) is 8.34. The van der Waals surface area contributed by atoms with Gasteiger partial charge in [-0.2, -0.15) is 0 Å². The second kappa shape index (κ2) is 4.34. The van der Waals surface area contributed by atoms with Crippen molar-refractivity contribution in [2.24, 2.45) is 0 Å². The number of thiophene rings is 1. The molecule has 84 valence electrons. The van der Waals surface area contributed by atoms with Crippen molar-refractivity contribution in [3.63, 3.8) is 0 Å². The Hall–Kier alpha value is -1.60. The minimum absolute atomic E-state index is 1.05. The summed E-state index contributed by atoms with van der Waals surface area (Å²) >= 11 is 1.92. The van der Waals surface area contributed by atoms with E-state index in [1.807, 2.05) is 11.3 Å². The van der Waals surface area contributed by atoms with Crippen LogP contribution in [0.15, 0.2) is 54.6 Å². The summed E-state index contributed by atoms with van der Waals surface area (Å²) < 4.78 is 1.40. The number of aryl methyl sites for hydroxylation is 1. The van der Waals surface area contributed by atoms with Gasteiger partial charge in [-0.15, -0.1) is 11.3 Å². The second-order valence-corrected chi connectivity index (χ2v) is 5.45. The van der Waals surface area contributed by atoms with Crippen LogP contribution in [0.2, 0.25) is 0 Å². The number of hydrogen-bond donors (Lipinski definition) is 0. The van der Waals surface area contributed by atoms with E-state index in [1.54, 1.807) is 0 Å². The molecule has 2 aromatic carbocycles. The summed E-state index contributed by atoms with van der Waals surface area (Å²) in [4.78, 5) is 1.48. The maximum absolute atomic E-state index is 2.23. The molecule has 0 unspecified atom stereocenters. The van der Waals surface area contributed by atoms with Crippen LogP contribution in [0, 0.1) is 6.92 Å². The van der Waals surface area contributed by atoms with Crippen LogP contribution < -0.4 is 0 Å². The highest BCUT2D eigenvalue weighted by molar-refractivity contribution is 7.19. The lowest BCUT2D eigenvalue weighted by atomic mass is 10.1. The number of benzene rings is 2. The van der Waals surface area contributed by atoms with Crippen molar-refractivity contribution in [3.8, 4) is 0 Å². The van der Waals surface area contributed by atoms with Gasteiger partial charge in [0.1, 0.15) is 0 Å². The van der Waals surface area contributed by atoms with Crippen LogP contribution >= 0.6 is 11.3 Å². The molecule has 17 heavy (non-hydrogen) atoms. The molecule has 0 nitrogen and oxygen atoms in total. The van der Waals surface area contributed by atoms with Crippen molar-refractivity contribution < 1.29 is 0 Å². The monoisotopic (exact) mass is 238 g/mol. The van der Waals surface area contributed by atoms with E-state index < -0.39 is 0 Å². The molecule has 0 radical (unpaired) electrons. The smallest absolute Gasteiger partial charge is 0.0348 e. The molecule has 0 saturated carbocycles. The third kappa shape index (κ3) is 1.98. The van der Waals surface area contributed by atoms with E-state index in [9.17, 15) is 0 Å². The van der Waals surface area contributed by atoms with Crippen LogP contribution in [0.25, 0.3) is 10.1 Å². The Morgan fingerprint density at radius 2 is 1.59 bits per heavy atom. The molecule has 0 saturated heterocycles. The van der Waals surface area contributed by atoms with Gasteiger partial charge in [0.15, 0.2) is 0 Å². The van der Waals surface area contributed by atoms with Gasteiger partial charge in [-0.3, -0.25) is 0 Å². The van der Waals surface area contributed by atoms with Crippen LogP contribution in [0.3, 0.4) is 0 Å². The molecule has 3 aromatic rings. The molecule has 3 rings (SSSR count). The fourth-order valence-corrected chi connectivity index (χ4v) is 3.42. The minimum Gasteiger partial charge on any atom is -0.140 e. The Labute approximate surface area is 106 Å². The lowest BCUT2D eigenvalue weighted by Gasteiger charge is -1.99. The van der Waals surface area contributed by atoms with Crippen molar-refractivity contribution in [1.82, 2.24) is 0 Å². The minimum atomic E-state index is 1.05. The molecule has 1 heteroatoms. The van der Waals surface area contributed by atoms with Gasteiger partial charge in [0, 0.05) is 16.0 Å². The molecular formula is C16H14S. The quantitative estimate of drug-likeness (QED) is 0.601. The molecule has 0 amide bonds. The first kappa shape index (κ1) is 10.5. The van der Waals surface area contributed by atoms with E-state index in [0.29, 0.717) is 0 Å². The fraction of sp³-hybridized carbons (Fsp3) is 0.125. The Kier molecular flexibility index (Phi) is 2.69. The Balaban J connectivity index is 2.04. The number of rotatable bonds is 2. The topological polar surface area (TPSA) is 0 Å². The summed E-state index contributed by atoms with van der Waals surface area (Å²) in [5, 5.41) is 1.41. The van der Waals surface area contributed by atoms with Gasteiger partial charge < -0.3 is 0 Å².